The van der Waals surface area contributed by atoms with Crippen molar-refractivity contribution in [3.8, 4) is 5.69 Å². The summed E-state index contributed by atoms with van der Waals surface area (Å²) in [5.74, 6) is -0.850. The second-order valence-electron chi connectivity index (χ2n) is 7.00. The van der Waals surface area contributed by atoms with Gasteiger partial charge in [-0.1, -0.05) is 29.8 Å². The molecule has 1 aliphatic heterocycles. The number of aryl methyl sites for hydroxylation is 1. The second-order valence-corrected chi connectivity index (χ2v) is 8.43. The first-order valence-corrected chi connectivity index (χ1v) is 10.5. The molecule has 1 aromatic heterocycles. The summed E-state index contributed by atoms with van der Waals surface area (Å²) in [5, 5.41) is 0.256. The molecule has 2 heterocycles. The summed E-state index contributed by atoms with van der Waals surface area (Å²) in [6, 6.07) is 15.6. The number of hydrogen-bond donors (Lipinski definition) is 0. The molecule has 2 aromatic carbocycles. The molecule has 1 aliphatic rings. The van der Waals surface area contributed by atoms with Gasteiger partial charge in [-0.2, -0.15) is 0 Å². The number of nitrogens with zero attached hydrogens (tertiary/aromatic N) is 2. The van der Waals surface area contributed by atoms with Crippen LogP contribution in [0.4, 0.5) is 9.18 Å². The molecule has 0 atom stereocenters. The van der Waals surface area contributed by atoms with Gasteiger partial charge < -0.3 is 4.57 Å². The van der Waals surface area contributed by atoms with E-state index in [9.17, 15) is 14.0 Å². The third-order valence-electron chi connectivity index (χ3n) is 5.00. The quantitative estimate of drug-likeness (QED) is 0.459. The molecule has 2 amide bonds. The van der Waals surface area contributed by atoms with Gasteiger partial charge >= 0.3 is 0 Å². The first kappa shape index (κ1) is 20.4. The first-order chi connectivity index (χ1) is 14.3. The van der Waals surface area contributed by atoms with Crippen LogP contribution in [0.25, 0.3) is 11.8 Å². The fourth-order valence-corrected chi connectivity index (χ4v) is 4.45. The Labute approximate surface area is 182 Å². The minimum absolute atomic E-state index is 0.0848. The van der Waals surface area contributed by atoms with E-state index in [1.807, 2.05) is 44.2 Å². The van der Waals surface area contributed by atoms with E-state index in [1.165, 1.54) is 6.07 Å². The van der Waals surface area contributed by atoms with Gasteiger partial charge in [0.15, 0.2) is 0 Å². The Kier molecular flexibility index (Phi) is 5.54. The summed E-state index contributed by atoms with van der Waals surface area (Å²) in [6.45, 7) is 3.85. The molecule has 0 unspecified atom stereocenters. The van der Waals surface area contributed by atoms with Crippen molar-refractivity contribution in [1.82, 2.24) is 9.47 Å². The lowest BCUT2D eigenvalue weighted by atomic mass is 10.2. The van der Waals surface area contributed by atoms with E-state index in [0.717, 1.165) is 39.3 Å². The number of imide groups is 1. The van der Waals surface area contributed by atoms with Crippen molar-refractivity contribution in [2.75, 3.05) is 0 Å². The predicted octanol–water partition coefficient (Wildman–Crippen LogP) is 6.12. The second kappa shape index (κ2) is 8.13. The van der Waals surface area contributed by atoms with E-state index in [0.29, 0.717) is 15.5 Å². The van der Waals surface area contributed by atoms with Gasteiger partial charge in [-0.3, -0.25) is 14.5 Å². The summed E-state index contributed by atoms with van der Waals surface area (Å²) in [7, 11) is 0. The summed E-state index contributed by atoms with van der Waals surface area (Å²) >= 11 is 6.86. The summed E-state index contributed by atoms with van der Waals surface area (Å²) in [6.07, 6.45) is 1.72. The number of hydrogen-bond acceptors (Lipinski definition) is 3. The van der Waals surface area contributed by atoms with Crippen molar-refractivity contribution in [2.24, 2.45) is 0 Å². The van der Waals surface area contributed by atoms with E-state index in [4.69, 9.17) is 11.6 Å². The topological polar surface area (TPSA) is 42.3 Å². The van der Waals surface area contributed by atoms with Crippen LogP contribution in [0, 0.1) is 19.7 Å². The smallest absolute Gasteiger partial charge is 0.293 e. The average molecular weight is 441 g/mol. The van der Waals surface area contributed by atoms with Gasteiger partial charge in [0.25, 0.3) is 11.1 Å². The zero-order chi connectivity index (χ0) is 21.4. The first-order valence-electron chi connectivity index (χ1n) is 9.29. The number of amides is 2. The number of aromatic nitrogens is 1. The standard InChI is InChI=1S/C23H18ClFN2O2S/c1-14-11-17(15(2)27(14)19-9-7-18(24)8-10-19)12-21-22(28)26(23(29)30-21)13-16-5-3-4-6-20(16)25/h3-12H,13H2,1-2H3/b21-12-. The lowest BCUT2D eigenvalue weighted by Crippen LogP contribution is -2.27. The molecule has 0 bridgehead atoms. The van der Waals surface area contributed by atoms with Crippen LogP contribution in [0.15, 0.2) is 59.5 Å². The highest BCUT2D eigenvalue weighted by molar-refractivity contribution is 8.18. The molecule has 4 rings (SSSR count). The molecule has 4 nitrogen and oxygen atoms in total. The van der Waals surface area contributed by atoms with Crippen molar-refractivity contribution in [3.63, 3.8) is 0 Å². The van der Waals surface area contributed by atoms with E-state index in [1.54, 1.807) is 24.3 Å². The molecule has 0 N–H and O–H groups in total. The molecule has 7 heteroatoms. The number of rotatable bonds is 4. The summed E-state index contributed by atoms with van der Waals surface area (Å²) < 4.78 is 16.0. The molecule has 0 saturated carbocycles. The predicted molar refractivity (Wildman–Crippen MR) is 118 cm³/mol. The molecule has 3 aromatic rings. The van der Waals surface area contributed by atoms with Gasteiger partial charge in [-0.25, -0.2) is 4.39 Å². The maximum absolute atomic E-state index is 13.9. The Morgan fingerprint density at radius 2 is 1.77 bits per heavy atom. The Balaban J connectivity index is 1.63. The van der Waals surface area contributed by atoms with Crippen LogP contribution in [0.2, 0.25) is 5.02 Å². The minimum Gasteiger partial charge on any atom is -0.318 e. The molecule has 152 valence electrons. The highest BCUT2D eigenvalue weighted by atomic mass is 35.5. The molecular weight excluding hydrogens is 423 g/mol. The van der Waals surface area contributed by atoms with Crippen LogP contribution in [0.5, 0.6) is 0 Å². The molecule has 1 saturated heterocycles. The van der Waals surface area contributed by atoms with E-state index in [-0.39, 0.29) is 6.54 Å². The van der Waals surface area contributed by atoms with Crippen molar-refractivity contribution in [1.29, 1.82) is 0 Å². The average Bonchev–Trinajstić information content (AvgIpc) is 3.14. The van der Waals surface area contributed by atoms with Crippen molar-refractivity contribution in [2.45, 2.75) is 20.4 Å². The fraction of sp³-hybridized carbons (Fsp3) is 0.130. The Bertz CT molecular complexity index is 1180. The maximum Gasteiger partial charge on any atom is 0.293 e. The molecule has 0 spiro atoms. The van der Waals surface area contributed by atoms with Gasteiger partial charge in [0.2, 0.25) is 0 Å². The zero-order valence-corrected chi connectivity index (χ0v) is 17.9. The van der Waals surface area contributed by atoms with E-state index < -0.39 is 17.0 Å². The Morgan fingerprint density at radius 1 is 1.07 bits per heavy atom. The summed E-state index contributed by atoms with van der Waals surface area (Å²) in [4.78, 5) is 26.6. The zero-order valence-electron chi connectivity index (χ0n) is 16.4. The van der Waals surface area contributed by atoms with Crippen LogP contribution in [-0.4, -0.2) is 20.6 Å². The molecule has 30 heavy (non-hydrogen) atoms. The fourth-order valence-electron chi connectivity index (χ4n) is 3.50. The largest absolute Gasteiger partial charge is 0.318 e. The molecule has 0 radical (unpaired) electrons. The van der Waals surface area contributed by atoms with Crippen molar-refractivity contribution >= 4 is 40.6 Å². The third kappa shape index (κ3) is 3.80. The van der Waals surface area contributed by atoms with Gasteiger partial charge in [-0.05, 0) is 73.6 Å². The molecule has 0 aliphatic carbocycles. The highest BCUT2D eigenvalue weighted by Gasteiger charge is 2.35. The number of halogens is 2. The number of thioether (sulfide) groups is 1. The SMILES string of the molecule is Cc1cc(/C=C2\SC(=O)N(Cc3ccccc3F)C2=O)c(C)n1-c1ccc(Cl)cc1. The van der Waals surface area contributed by atoms with Crippen LogP contribution in [-0.2, 0) is 11.3 Å². The van der Waals surface area contributed by atoms with Crippen LogP contribution >= 0.6 is 23.4 Å². The monoisotopic (exact) mass is 440 g/mol. The van der Waals surface area contributed by atoms with E-state index >= 15 is 0 Å². The molecular formula is C23H18ClFN2O2S. The Morgan fingerprint density at radius 3 is 2.47 bits per heavy atom. The minimum atomic E-state index is -0.438. The van der Waals surface area contributed by atoms with E-state index in [2.05, 4.69) is 4.57 Å². The lowest BCUT2D eigenvalue weighted by molar-refractivity contribution is -0.123. The Hall–Kier alpha value is -2.83. The number of carbonyl (C=O) groups is 2. The van der Waals surface area contributed by atoms with Crippen molar-refractivity contribution in [3.05, 3.63) is 92.9 Å². The third-order valence-corrected chi connectivity index (χ3v) is 6.16. The molecule has 1 fully saturated rings. The maximum atomic E-state index is 13.9. The van der Waals surface area contributed by atoms with Crippen molar-refractivity contribution < 1.29 is 14.0 Å². The lowest BCUT2D eigenvalue weighted by Gasteiger charge is -2.12. The normalized spacial score (nSPS) is 15.5. The number of carbonyl (C=O) groups excluding carboxylic acids is 2. The number of benzene rings is 2. The van der Waals surface area contributed by atoms with Gasteiger partial charge in [-0.15, -0.1) is 0 Å². The van der Waals surface area contributed by atoms with Crippen LogP contribution < -0.4 is 0 Å². The van der Waals surface area contributed by atoms with Gasteiger partial charge in [0, 0.05) is 27.7 Å². The van der Waals surface area contributed by atoms with Crippen LogP contribution in [0.3, 0.4) is 0 Å². The summed E-state index contributed by atoms with van der Waals surface area (Å²) in [5.41, 5.74) is 4.05. The van der Waals surface area contributed by atoms with Crippen LogP contribution in [0.1, 0.15) is 22.5 Å². The highest BCUT2D eigenvalue weighted by Crippen LogP contribution is 2.35. The van der Waals surface area contributed by atoms with Gasteiger partial charge in [0.05, 0.1) is 11.4 Å². The van der Waals surface area contributed by atoms with Gasteiger partial charge in [0.1, 0.15) is 5.82 Å².